The Balaban J connectivity index is 1.21. The summed E-state index contributed by atoms with van der Waals surface area (Å²) >= 11 is 4.53. The van der Waals surface area contributed by atoms with Crippen molar-refractivity contribution in [3.8, 4) is 0 Å². The number of rotatable bonds is 9. The van der Waals surface area contributed by atoms with E-state index in [9.17, 15) is 4.79 Å². The minimum Gasteiger partial charge on any atom is -0.272 e. The lowest BCUT2D eigenvalue weighted by molar-refractivity contribution is -0.118. The average Bonchev–Trinajstić information content (AvgIpc) is 3.30. The van der Waals surface area contributed by atoms with E-state index in [2.05, 4.69) is 63.2 Å². The van der Waals surface area contributed by atoms with Crippen LogP contribution in [-0.2, 0) is 10.5 Å². The molecule has 0 spiro atoms. The Bertz CT molecular complexity index is 1230. The zero-order valence-electron chi connectivity index (χ0n) is 17.0. The van der Waals surface area contributed by atoms with Gasteiger partial charge in [-0.2, -0.15) is 5.10 Å². The van der Waals surface area contributed by atoms with Crippen molar-refractivity contribution in [1.82, 2.24) is 15.6 Å². The summed E-state index contributed by atoms with van der Waals surface area (Å²) in [6.45, 7) is 0. The maximum absolute atomic E-state index is 12.0. The lowest BCUT2D eigenvalue weighted by atomic mass is 10.1. The van der Waals surface area contributed by atoms with Gasteiger partial charge in [0.2, 0.25) is 0 Å². The summed E-state index contributed by atoms with van der Waals surface area (Å²) in [5.74, 6) is 0.883. The molecule has 3 aromatic carbocycles. The van der Waals surface area contributed by atoms with Crippen molar-refractivity contribution >= 4 is 63.8 Å². The molecule has 1 aromatic heterocycles. The second kappa shape index (κ2) is 11.6. The molecule has 1 amide bonds. The van der Waals surface area contributed by atoms with Crippen LogP contribution in [0.3, 0.4) is 0 Å². The number of fused-ring (bicyclic) bond motifs is 1. The third-order valence-corrected chi connectivity index (χ3v) is 7.62. The van der Waals surface area contributed by atoms with Crippen LogP contribution in [0.15, 0.2) is 92.7 Å². The maximum Gasteiger partial charge on any atom is 0.250 e. The van der Waals surface area contributed by atoms with Gasteiger partial charge in [0, 0.05) is 12.0 Å². The quantitative estimate of drug-likeness (QED) is 0.185. The Morgan fingerprint density at radius 3 is 2.56 bits per heavy atom. The molecule has 0 fully saturated rings. The molecule has 32 heavy (non-hydrogen) atoms. The topological polar surface area (TPSA) is 67.2 Å². The number of hydrazone groups is 1. The highest BCUT2D eigenvalue weighted by atomic mass is 32.2. The summed E-state index contributed by atoms with van der Waals surface area (Å²) < 4.78 is 1.67. The molecule has 1 heterocycles. The predicted octanol–water partition coefficient (Wildman–Crippen LogP) is 5.89. The van der Waals surface area contributed by atoms with Gasteiger partial charge < -0.3 is 0 Å². The van der Waals surface area contributed by atoms with Gasteiger partial charge in [-0.15, -0.1) is 10.2 Å². The number of thioether (sulfide) groups is 2. The van der Waals surface area contributed by atoms with Crippen LogP contribution in [-0.4, -0.2) is 28.1 Å². The highest BCUT2D eigenvalue weighted by Crippen LogP contribution is 2.32. The zero-order valence-corrected chi connectivity index (χ0v) is 19.5. The number of allylic oxidation sites excluding steroid dienone is 1. The van der Waals surface area contributed by atoms with E-state index in [0.717, 1.165) is 20.0 Å². The molecule has 160 valence electrons. The van der Waals surface area contributed by atoms with Crippen molar-refractivity contribution in [2.75, 3.05) is 5.75 Å². The Kier molecular flexibility index (Phi) is 8.08. The van der Waals surface area contributed by atoms with E-state index in [1.165, 1.54) is 39.4 Å². The van der Waals surface area contributed by atoms with Crippen molar-refractivity contribution in [3.63, 3.8) is 0 Å². The smallest absolute Gasteiger partial charge is 0.250 e. The van der Waals surface area contributed by atoms with Gasteiger partial charge in [0.05, 0.1) is 5.75 Å². The van der Waals surface area contributed by atoms with Gasteiger partial charge in [0.1, 0.15) is 0 Å². The third kappa shape index (κ3) is 6.53. The molecule has 0 bridgehead atoms. The number of benzene rings is 3. The van der Waals surface area contributed by atoms with Crippen LogP contribution in [0.5, 0.6) is 0 Å². The van der Waals surface area contributed by atoms with E-state index < -0.39 is 0 Å². The molecule has 0 aliphatic rings. The summed E-state index contributed by atoms with van der Waals surface area (Å²) in [7, 11) is 0. The normalized spacial score (nSPS) is 11.5. The lowest BCUT2D eigenvalue weighted by Crippen LogP contribution is -2.19. The molecular formula is C24H20N4OS3. The van der Waals surface area contributed by atoms with Crippen molar-refractivity contribution in [3.05, 3.63) is 90.0 Å². The van der Waals surface area contributed by atoms with Crippen molar-refractivity contribution in [2.45, 2.75) is 14.4 Å². The van der Waals surface area contributed by atoms with E-state index in [1.54, 1.807) is 24.1 Å². The first-order valence-electron chi connectivity index (χ1n) is 9.87. The number of nitrogens with zero attached hydrogens (tertiary/aromatic N) is 3. The van der Waals surface area contributed by atoms with E-state index in [0.29, 0.717) is 0 Å². The molecule has 0 saturated heterocycles. The number of aromatic nitrogens is 2. The van der Waals surface area contributed by atoms with Crippen LogP contribution >= 0.6 is 34.9 Å². The molecule has 5 nitrogen and oxygen atoms in total. The van der Waals surface area contributed by atoms with E-state index in [-0.39, 0.29) is 11.7 Å². The van der Waals surface area contributed by atoms with Crippen molar-refractivity contribution in [1.29, 1.82) is 0 Å². The van der Waals surface area contributed by atoms with Gasteiger partial charge in [-0.1, -0.05) is 114 Å². The van der Waals surface area contributed by atoms with Crippen LogP contribution in [0, 0.1) is 0 Å². The van der Waals surface area contributed by atoms with Crippen LogP contribution in [0.2, 0.25) is 0 Å². The number of hydrogen-bond acceptors (Lipinski definition) is 7. The number of amides is 1. The number of nitrogens with one attached hydrogen (secondary N) is 1. The van der Waals surface area contributed by atoms with Crippen LogP contribution < -0.4 is 5.43 Å². The SMILES string of the molecule is O=C(CSc1nnc(SCc2cccc3ccccc23)s1)N/N=C\C=C\c1ccccc1. The Morgan fingerprint density at radius 1 is 0.938 bits per heavy atom. The van der Waals surface area contributed by atoms with Gasteiger partial charge in [0.25, 0.3) is 5.91 Å². The Labute approximate surface area is 199 Å². The summed E-state index contributed by atoms with van der Waals surface area (Å²) in [6, 6.07) is 24.6. The minimum absolute atomic E-state index is 0.181. The lowest BCUT2D eigenvalue weighted by Gasteiger charge is -2.04. The first-order chi connectivity index (χ1) is 15.8. The number of carbonyl (C=O) groups excluding carboxylic acids is 1. The zero-order chi connectivity index (χ0) is 22.0. The van der Waals surface area contributed by atoms with E-state index in [1.807, 2.05) is 36.4 Å². The van der Waals surface area contributed by atoms with Crippen LogP contribution in [0.25, 0.3) is 16.8 Å². The maximum atomic E-state index is 12.0. The Hall–Kier alpha value is -2.94. The van der Waals surface area contributed by atoms with Crippen LogP contribution in [0.4, 0.5) is 0 Å². The molecule has 4 rings (SSSR count). The molecule has 1 N–H and O–H groups in total. The van der Waals surface area contributed by atoms with Gasteiger partial charge in [-0.25, -0.2) is 5.43 Å². The molecule has 0 unspecified atom stereocenters. The largest absolute Gasteiger partial charge is 0.272 e. The van der Waals surface area contributed by atoms with Gasteiger partial charge in [-0.05, 0) is 28.0 Å². The van der Waals surface area contributed by atoms with Gasteiger partial charge >= 0.3 is 0 Å². The summed E-state index contributed by atoms with van der Waals surface area (Å²) in [5.41, 5.74) is 4.87. The molecule has 0 radical (unpaired) electrons. The molecule has 0 saturated carbocycles. The Morgan fingerprint density at radius 2 is 1.69 bits per heavy atom. The molecule has 4 aromatic rings. The van der Waals surface area contributed by atoms with Crippen LogP contribution in [0.1, 0.15) is 11.1 Å². The van der Waals surface area contributed by atoms with Crippen molar-refractivity contribution < 1.29 is 4.79 Å². The molecular weight excluding hydrogens is 456 g/mol. The predicted molar refractivity (Wildman–Crippen MR) is 136 cm³/mol. The number of carbonyl (C=O) groups is 1. The summed E-state index contributed by atoms with van der Waals surface area (Å²) in [4.78, 5) is 12.0. The fourth-order valence-corrected chi connectivity index (χ4v) is 5.72. The molecule has 0 aliphatic heterocycles. The minimum atomic E-state index is -0.181. The fraction of sp³-hybridized carbons (Fsp3) is 0.0833. The molecule has 0 atom stereocenters. The first kappa shape index (κ1) is 22.3. The van der Waals surface area contributed by atoms with Gasteiger partial charge in [0.15, 0.2) is 8.68 Å². The van der Waals surface area contributed by atoms with Gasteiger partial charge in [-0.3, -0.25) is 4.79 Å². The molecule has 8 heteroatoms. The second-order valence-corrected chi connectivity index (χ2v) is 10.1. The average molecular weight is 477 g/mol. The van der Waals surface area contributed by atoms with E-state index in [4.69, 9.17) is 0 Å². The number of hydrogen-bond donors (Lipinski definition) is 1. The monoisotopic (exact) mass is 476 g/mol. The highest BCUT2D eigenvalue weighted by molar-refractivity contribution is 8.03. The van der Waals surface area contributed by atoms with Crippen molar-refractivity contribution in [2.24, 2.45) is 5.10 Å². The molecule has 0 aliphatic carbocycles. The highest BCUT2D eigenvalue weighted by Gasteiger charge is 2.09. The fourth-order valence-electron chi connectivity index (χ4n) is 2.90. The summed E-state index contributed by atoms with van der Waals surface area (Å²) in [6.07, 6.45) is 5.26. The standard InChI is InChI=1S/C24H20N4OS3/c29-22(26-25-15-7-10-18-8-2-1-3-9-18)17-31-24-28-27-23(32-24)30-16-20-13-6-12-19-11-4-5-14-21(19)20/h1-15H,16-17H2,(H,26,29)/b10-7+,25-15-. The third-order valence-electron chi connectivity index (χ3n) is 4.38. The summed E-state index contributed by atoms with van der Waals surface area (Å²) in [5, 5.41) is 14.9. The second-order valence-electron chi connectivity index (χ2n) is 6.63. The van der Waals surface area contributed by atoms with E-state index >= 15 is 0 Å². The first-order valence-corrected chi connectivity index (χ1v) is 12.7.